The van der Waals surface area contributed by atoms with E-state index >= 15 is 0 Å². The van der Waals surface area contributed by atoms with Crippen LogP contribution < -0.4 is 5.32 Å². The Hall–Kier alpha value is -3.19. The molecular weight excluding hydrogens is 471 g/mol. The van der Waals surface area contributed by atoms with E-state index in [-0.39, 0.29) is 11.9 Å². The van der Waals surface area contributed by atoms with Gasteiger partial charge < -0.3 is 10.1 Å². The number of alkyl halides is 3. The topological polar surface area (TPSA) is 110 Å². The molecule has 3 aromatic rings. The molecule has 9 nitrogen and oxygen atoms in total. The van der Waals surface area contributed by atoms with Gasteiger partial charge in [-0.2, -0.15) is 23.4 Å². The van der Waals surface area contributed by atoms with Gasteiger partial charge in [0.1, 0.15) is 23.4 Å². The number of nitrogens with zero attached hydrogens (tertiary/aromatic N) is 5. The van der Waals surface area contributed by atoms with Crippen LogP contribution in [-0.2, 0) is 9.53 Å². The summed E-state index contributed by atoms with van der Waals surface area (Å²) >= 11 is 1.48. The Labute approximate surface area is 196 Å². The first-order valence-corrected chi connectivity index (χ1v) is 11.5. The summed E-state index contributed by atoms with van der Waals surface area (Å²) in [5.74, 6) is 0.225. The Morgan fingerprint density at radius 1 is 1.32 bits per heavy atom. The quantitative estimate of drug-likeness (QED) is 0.524. The number of amides is 1. The van der Waals surface area contributed by atoms with E-state index in [4.69, 9.17) is 4.74 Å². The number of aromatic nitrogens is 5. The van der Waals surface area contributed by atoms with Crippen LogP contribution in [0.5, 0.6) is 0 Å². The Kier molecular flexibility index (Phi) is 6.13. The van der Waals surface area contributed by atoms with Gasteiger partial charge in [0, 0.05) is 29.9 Å². The lowest BCUT2D eigenvalue weighted by Crippen LogP contribution is -2.36. The van der Waals surface area contributed by atoms with Crippen molar-refractivity contribution >= 4 is 28.4 Å². The highest BCUT2D eigenvalue weighted by atomic mass is 32.2. The molecule has 2 N–H and O–H groups in total. The van der Waals surface area contributed by atoms with Crippen LogP contribution in [0.3, 0.4) is 0 Å². The van der Waals surface area contributed by atoms with Gasteiger partial charge in [0.15, 0.2) is 0 Å². The van der Waals surface area contributed by atoms with Crippen LogP contribution in [-0.4, -0.2) is 66.6 Å². The summed E-state index contributed by atoms with van der Waals surface area (Å²) in [5, 5.41) is 14.9. The molecule has 1 atom stereocenters. The van der Waals surface area contributed by atoms with Crippen molar-refractivity contribution in [3.05, 3.63) is 48.5 Å². The fourth-order valence-corrected chi connectivity index (χ4v) is 4.74. The number of thioether (sulfide) groups is 1. The lowest BCUT2D eigenvalue weighted by molar-refractivity contribution is -0.196. The van der Waals surface area contributed by atoms with Crippen LogP contribution >= 0.6 is 11.8 Å². The molecule has 0 bridgehead atoms. The highest BCUT2D eigenvalue weighted by Crippen LogP contribution is 2.37. The maximum atomic E-state index is 13.0. The van der Waals surface area contributed by atoms with Crippen LogP contribution in [0.15, 0.2) is 48.0 Å². The van der Waals surface area contributed by atoms with Gasteiger partial charge in [-0.15, -0.1) is 11.8 Å². The maximum Gasteiger partial charge on any atom is 0.411 e. The van der Waals surface area contributed by atoms with Crippen molar-refractivity contribution in [3.63, 3.8) is 0 Å². The van der Waals surface area contributed by atoms with Gasteiger partial charge >= 0.3 is 6.18 Å². The zero-order valence-electron chi connectivity index (χ0n) is 17.7. The third-order valence-electron chi connectivity index (χ3n) is 5.52. The normalized spacial score (nSPS) is 22.3. The molecule has 1 amide bonds. The first-order valence-electron chi connectivity index (χ1n) is 10.6. The summed E-state index contributed by atoms with van der Waals surface area (Å²) in [6, 6.07) is 4.67. The molecule has 1 aliphatic carbocycles. The Morgan fingerprint density at radius 2 is 2.18 bits per heavy atom. The summed E-state index contributed by atoms with van der Waals surface area (Å²) < 4.78 is 43.7. The average Bonchev–Trinajstić information content (AvgIpc) is 3.53. The zero-order chi connectivity index (χ0) is 23.7. The molecule has 3 aromatic heterocycles. The van der Waals surface area contributed by atoms with Gasteiger partial charge in [-0.05, 0) is 25.0 Å². The summed E-state index contributed by atoms with van der Waals surface area (Å²) in [4.78, 5) is 21.8. The van der Waals surface area contributed by atoms with E-state index in [0.717, 1.165) is 10.6 Å². The van der Waals surface area contributed by atoms with E-state index in [2.05, 4.69) is 30.6 Å². The summed E-state index contributed by atoms with van der Waals surface area (Å²) in [7, 11) is 0. The number of pyridine rings is 1. The summed E-state index contributed by atoms with van der Waals surface area (Å²) in [5.41, 5.74) is 2.36. The number of carbonyl (C=O) groups excluding carboxylic acids is 1. The predicted octanol–water partition coefficient (Wildman–Crippen LogP) is 3.45. The number of nitrogens with one attached hydrogen (secondary N) is 2. The number of aromatic amines is 1. The van der Waals surface area contributed by atoms with Crippen molar-refractivity contribution < 1.29 is 22.7 Å². The Morgan fingerprint density at radius 3 is 2.88 bits per heavy atom. The summed E-state index contributed by atoms with van der Waals surface area (Å²) in [6.45, 7) is -1.26. The second-order valence-electron chi connectivity index (χ2n) is 8.00. The van der Waals surface area contributed by atoms with Gasteiger partial charge in [0.05, 0.1) is 29.7 Å². The SMILES string of the molecule is O=C(Nc1cn(C2CC(OCC(F)(F)F)C2)nc1-c1ccccn1)C1CSC(c2cn[nH]c2)=N1. The largest absolute Gasteiger partial charge is 0.411 e. The molecule has 34 heavy (non-hydrogen) atoms. The monoisotopic (exact) mass is 491 g/mol. The lowest BCUT2D eigenvalue weighted by Gasteiger charge is -2.35. The molecule has 0 saturated heterocycles. The van der Waals surface area contributed by atoms with E-state index in [1.54, 1.807) is 41.6 Å². The molecule has 5 rings (SSSR count). The van der Waals surface area contributed by atoms with E-state index in [0.29, 0.717) is 35.7 Å². The number of hydrogen-bond acceptors (Lipinski definition) is 7. The molecule has 0 aromatic carbocycles. The van der Waals surface area contributed by atoms with Crippen molar-refractivity contribution in [2.45, 2.75) is 37.2 Å². The zero-order valence-corrected chi connectivity index (χ0v) is 18.5. The number of aliphatic imine (C=N–C) groups is 1. The van der Waals surface area contributed by atoms with Crippen molar-refractivity contribution in [1.29, 1.82) is 0 Å². The van der Waals surface area contributed by atoms with Gasteiger partial charge in [0.2, 0.25) is 5.91 Å². The van der Waals surface area contributed by atoms with Crippen LogP contribution in [0.2, 0.25) is 0 Å². The standard InChI is InChI=1S/C21H20F3N7O2S/c22-21(23,24)11-33-14-5-13(6-14)31-9-16(18(30-31)15-3-1-2-4-25-15)28-19(32)17-10-34-20(29-17)12-7-26-27-8-12/h1-4,7-9,13-14,17H,5-6,10-11H2,(H,26,27)(H,28,32). The number of H-pyrrole nitrogens is 1. The molecule has 2 aliphatic rings. The van der Waals surface area contributed by atoms with Crippen molar-refractivity contribution in [3.8, 4) is 11.4 Å². The van der Waals surface area contributed by atoms with Gasteiger partial charge in [-0.25, -0.2) is 0 Å². The Balaban J connectivity index is 1.31. The van der Waals surface area contributed by atoms with Crippen LogP contribution in [0.4, 0.5) is 18.9 Å². The first-order chi connectivity index (χ1) is 16.4. The van der Waals surface area contributed by atoms with E-state index in [1.165, 1.54) is 11.8 Å². The number of hydrogen-bond donors (Lipinski definition) is 2. The van der Waals surface area contributed by atoms with E-state index in [9.17, 15) is 18.0 Å². The molecule has 1 aliphatic heterocycles. The number of anilines is 1. The average molecular weight is 491 g/mol. The van der Waals surface area contributed by atoms with Crippen LogP contribution in [0, 0.1) is 0 Å². The molecule has 1 saturated carbocycles. The number of ether oxygens (including phenoxy) is 1. The van der Waals surface area contributed by atoms with Crippen LogP contribution in [0.25, 0.3) is 11.4 Å². The lowest BCUT2D eigenvalue weighted by atomic mass is 9.89. The third kappa shape index (κ3) is 4.99. The van der Waals surface area contributed by atoms with E-state index < -0.39 is 24.9 Å². The minimum atomic E-state index is -4.35. The van der Waals surface area contributed by atoms with Crippen molar-refractivity contribution in [2.75, 3.05) is 17.7 Å². The molecule has 1 unspecified atom stereocenters. The number of halogens is 3. The third-order valence-corrected chi connectivity index (χ3v) is 6.62. The van der Waals surface area contributed by atoms with Crippen molar-refractivity contribution in [2.24, 2.45) is 4.99 Å². The molecule has 4 heterocycles. The molecular formula is C21H20F3N7O2S. The second kappa shape index (κ2) is 9.22. The fourth-order valence-electron chi connectivity index (χ4n) is 3.71. The van der Waals surface area contributed by atoms with Crippen LogP contribution in [0.1, 0.15) is 24.4 Å². The Bertz CT molecular complexity index is 1170. The number of rotatable bonds is 7. The minimum absolute atomic E-state index is 0.126. The predicted molar refractivity (Wildman–Crippen MR) is 120 cm³/mol. The molecule has 13 heteroatoms. The smallest absolute Gasteiger partial charge is 0.369 e. The maximum absolute atomic E-state index is 13.0. The molecule has 0 spiro atoms. The number of carbonyl (C=O) groups is 1. The van der Waals surface area contributed by atoms with E-state index in [1.807, 2.05) is 6.07 Å². The molecule has 0 radical (unpaired) electrons. The van der Waals surface area contributed by atoms with Gasteiger partial charge in [-0.3, -0.25) is 24.6 Å². The van der Waals surface area contributed by atoms with Gasteiger partial charge in [0.25, 0.3) is 0 Å². The summed E-state index contributed by atoms with van der Waals surface area (Å²) in [6.07, 6.45) is 2.68. The fraction of sp³-hybridized carbons (Fsp3) is 0.381. The molecule has 178 valence electrons. The second-order valence-corrected chi connectivity index (χ2v) is 9.01. The highest BCUT2D eigenvalue weighted by molar-refractivity contribution is 8.14. The highest BCUT2D eigenvalue weighted by Gasteiger charge is 2.37. The minimum Gasteiger partial charge on any atom is -0.369 e. The van der Waals surface area contributed by atoms with Gasteiger partial charge in [-0.1, -0.05) is 6.07 Å². The first kappa shape index (κ1) is 22.6. The molecule has 1 fully saturated rings. The van der Waals surface area contributed by atoms with Crippen molar-refractivity contribution in [1.82, 2.24) is 25.0 Å².